The van der Waals surface area contributed by atoms with Gasteiger partial charge in [-0.05, 0) is 26.7 Å². The van der Waals surface area contributed by atoms with Crippen LogP contribution in [0.2, 0.25) is 0 Å². The fraction of sp³-hybridized carbons (Fsp3) is 0.619. The van der Waals surface area contributed by atoms with E-state index < -0.39 is 16.6 Å². The molecule has 0 aliphatic rings. The van der Waals surface area contributed by atoms with Gasteiger partial charge >= 0.3 is 11.9 Å². The summed E-state index contributed by atoms with van der Waals surface area (Å²) < 4.78 is 26.0. The first-order valence-corrected chi connectivity index (χ1v) is 10.3. The van der Waals surface area contributed by atoms with Crippen molar-refractivity contribution in [1.82, 2.24) is 0 Å². The molecule has 1 aromatic carbocycles. The molecule has 0 atom stereocenters. The topological polar surface area (TPSA) is 123 Å². The Bertz CT molecular complexity index is 721. The fourth-order valence-electron chi connectivity index (χ4n) is 2.67. The molecule has 1 aromatic rings. The summed E-state index contributed by atoms with van der Waals surface area (Å²) in [5.41, 5.74) is -0.618. The number of carbonyl (C=O) groups is 2. The van der Waals surface area contributed by atoms with Crippen molar-refractivity contribution in [2.24, 2.45) is 0 Å². The molecule has 0 saturated heterocycles. The lowest BCUT2D eigenvalue weighted by Gasteiger charge is -2.14. The molecule has 0 unspecified atom stereocenters. The highest BCUT2D eigenvalue weighted by molar-refractivity contribution is 5.95. The smallest absolute Gasteiger partial charge is 0.345 e. The predicted octanol–water partition coefficient (Wildman–Crippen LogP) is 3.69. The predicted molar refractivity (Wildman–Crippen MR) is 112 cm³/mol. The van der Waals surface area contributed by atoms with Crippen molar-refractivity contribution >= 4 is 17.6 Å². The maximum Gasteiger partial charge on any atom is 0.345 e. The Morgan fingerprint density at radius 2 is 1.55 bits per heavy atom. The number of nitro benzene ring substituents is 1. The van der Waals surface area contributed by atoms with Gasteiger partial charge in [-0.15, -0.1) is 0 Å². The molecular formula is C21H31NO9. The van der Waals surface area contributed by atoms with E-state index in [1.807, 2.05) is 0 Å². The van der Waals surface area contributed by atoms with E-state index in [4.69, 9.17) is 23.7 Å². The number of carbonyl (C=O) groups excluding carboxylic acids is 2. The quantitative estimate of drug-likeness (QED) is 0.163. The second-order valence-corrected chi connectivity index (χ2v) is 6.45. The summed E-state index contributed by atoms with van der Waals surface area (Å²) in [6.45, 7) is 4.62. The van der Waals surface area contributed by atoms with Crippen LogP contribution in [0.3, 0.4) is 0 Å². The van der Waals surface area contributed by atoms with E-state index in [2.05, 4.69) is 0 Å². The number of rotatable bonds is 16. The van der Waals surface area contributed by atoms with E-state index in [-0.39, 0.29) is 42.9 Å². The van der Waals surface area contributed by atoms with Gasteiger partial charge < -0.3 is 23.7 Å². The summed E-state index contributed by atoms with van der Waals surface area (Å²) in [6, 6.07) is 2.44. The maximum absolute atomic E-state index is 12.2. The molecule has 10 nitrogen and oxygen atoms in total. The van der Waals surface area contributed by atoms with Crippen LogP contribution in [0.1, 0.15) is 56.3 Å². The minimum atomic E-state index is -0.804. The second-order valence-electron chi connectivity index (χ2n) is 6.45. The lowest BCUT2D eigenvalue weighted by Crippen LogP contribution is -2.11. The highest BCUT2D eigenvalue weighted by Gasteiger charge is 2.26. The molecular weight excluding hydrogens is 410 g/mol. The molecule has 0 amide bonds. The van der Waals surface area contributed by atoms with Crippen molar-refractivity contribution in [2.45, 2.75) is 46.0 Å². The van der Waals surface area contributed by atoms with Crippen molar-refractivity contribution in [3.8, 4) is 11.5 Å². The number of ether oxygens (including phenoxy) is 5. The lowest BCUT2D eigenvalue weighted by molar-refractivity contribution is -0.385. The highest BCUT2D eigenvalue weighted by Crippen LogP contribution is 2.35. The van der Waals surface area contributed by atoms with E-state index >= 15 is 0 Å². The van der Waals surface area contributed by atoms with Gasteiger partial charge in [0.15, 0.2) is 11.5 Å². The van der Waals surface area contributed by atoms with Crippen molar-refractivity contribution < 1.29 is 38.2 Å². The summed E-state index contributed by atoms with van der Waals surface area (Å²) in [6.07, 6.45) is 3.49. The molecule has 1 rings (SSSR count). The number of unbranched alkanes of at least 4 members (excludes halogenated alkanes) is 3. The Labute approximate surface area is 181 Å². The molecule has 0 aromatic heterocycles. The number of hydrogen-bond acceptors (Lipinski definition) is 9. The van der Waals surface area contributed by atoms with Crippen LogP contribution in [-0.4, -0.2) is 57.0 Å². The molecule has 0 heterocycles. The highest BCUT2D eigenvalue weighted by atomic mass is 16.6. The van der Waals surface area contributed by atoms with Gasteiger partial charge in [-0.25, -0.2) is 4.79 Å². The third-order valence-electron chi connectivity index (χ3n) is 4.14. The van der Waals surface area contributed by atoms with Gasteiger partial charge in [0.05, 0.1) is 37.4 Å². The third kappa shape index (κ3) is 9.65. The number of nitrogens with zero attached hydrogens (tertiary/aromatic N) is 1. The Hall–Kier alpha value is -2.88. The van der Waals surface area contributed by atoms with Crippen molar-refractivity contribution in [1.29, 1.82) is 0 Å². The maximum atomic E-state index is 12.2. The molecule has 31 heavy (non-hydrogen) atoms. The summed E-state index contributed by atoms with van der Waals surface area (Å²) >= 11 is 0. The van der Waals surface area contributed by atoms with Crippen LogP contribution in [-0.2, 0) is 19.0 Å². The third-order valence-corrected chi connectivity index (χ3v) is 4.14. The van der Waals surface area contributed by atoms with E-state index in [9.17, 15) is 19.7 Å². The van der Waals surface area contributed by atoms with Gasteiger partial charge in [0.1, 0.15) is 12.2 Å². The monoisotopic (exact) mass is 441 g/mol. The zero-order valence-electron chi connectivity index (χ0n) is 18.3. The number of methoxy groups -OCH3 is 1. The molecule has 0 radical (unpaired) electrons. The molecule has 0 bridgehead atoms. The van der Waals surface area contributed by atoms with Crippen molar-refractivity contribution in [3.05, 3.63) is 27.8 Å². The number of esters is 2. The second kappa shape index (κ2) is 15.0. The molecule has 0 aliphatic heterocycles. The molecule has 0 fully saturated rings. The average Bonchev–Trinajstić information content (AvgIpc) is 2.73. The number of benzene rings is 1. The van der Waals surface area contributed by atoms with Crippen LogP contribution >= 0.6 is 0 Å². The molecule has 0 aliphatic carbocycles. The first-order chi connectivity index (χ1) is 14.9. The summed E-state index contributed by atoms with van der Waals surface area (Å²) in [7, 11) is 1.51. The molecule has 174 valence electrons. The van der Waals surface area contributed by atoms with Crippen LogP contribution in [0.4, 0.5) is 5.69 Å². The fourth-order valence-corrected chi connectivity index (χ4v) is 2.67. The standard InChI is InChI=1S/C21H31NO9/c1-4-28-20(23)10-8-6-7-9-11-30-18-14-16(21(24)29-5-2)17(22(25)26)15-19(18)31-13-12-27-3/h14-15H,4-13H2,1-3H3. The van der Waals surface area contributed by atoms with Gasteiger partial charge in [0.2, 0.25) is 0 Å². The SMILES string of the molecule is CCOC(=O)CCCCCCOc1cc(C(=O)OCC)c([N+](=O)[O-])cc1OCCOC. The van der Waals surface area contributed by atoms with Gasteiger partial charge in [0, 0.05) is 19.6 Å². The normalized spacial score (nSPS) is 10.4. The van der Waals surface area contributed by atoms with Crippen LogP contribution in [0.25, 0.3) is 0 Å². The molecule has 0 N–H and O–H groups in total. The molecule has 0 spiro atoms. The van der Waals surface area contributed by atoms with E-state index in [0.29, 0.717) is 26.1 Å². The van der Waals surface area contributed by atoms with E-state index in [1.54, 1.807) is 13.8 Å². The van der Waals surface area contributed by atoms with Gasteiger partial charge in [-0.3, -0.25) is 14.9 Å². The summed E-state index contributed by atoms with van der Waals surface area (Å²) in [4.78, 5) is 34.2. The van der Waals surface area contributed by atoms with Crippen LogP contribution in [0, 0.1) is 10.1 Å². The van der Waals surface area contributed by atoms with Crippen LogP contribution < -0.4 is 9.47 Å². The first-order valence-electron chi connectivity index (χ1n) is 10.3. The molecule has 10 heteroatoms. The Balaban J connectivity index is 2.78. The average molecular weight is 441 g/mol. The van der Waals surface area contributed by atoms with Crippen LogP contribution in [0.5, 0.6) is 11.5 Å². The van der Waals surface area contributed by atoms with Crippen LogP contribution in [0.15, 0.2) is 12.1 Å². The zero-order valence-corrected chi connectivity index (χ0v) is 18.3. The van der Waals surface area contributed by atoms with Gasteiger partial charge in [-0.2, -0.15) is 0 Å². The number of hydrogen-bond donors (Lipinski definition) is 0. The Morgan fingerprint density at radius 1 is 0.903 bits per heavy atom. The lowest BCUT2D eigenvalue weighted by atomic mass is 10.1. The Morgan fingerprint density at radius 3 is 2.19 bits per heavy atom. The van der Waals surface area contributed by atoms with Gasteiger partial charge in [-0.1, -0.05) is 12.8 Å². The minimum Gasteiger partial charge on any atom is -0.490 e. The number of nitro groups is 1. The zero-order chi connectivity index (χ0) is 23.1. The van der Waals surface area contributed by atoms with E-state index in [1.165, 1.54) is 13.2 Å². The van der Waals surface area contributed by atoms with Crippen molar-refractivity contribution in [2.75, 3.05) is 40.1 Å². The molecule has 0 saturated carbocycles. The largest absolute Gasteiger partial charge is 0.490 e. The van der Waals surface area contributed by atoms with Crippen molar-refractivity contribution in [3.63, 3.8) is 0 Å². The summed E-state index contributed by atoms with van der Waals surface area (Å²) in [5, 5.41) is 11.4. The van der Waals surface area contributed by atoms with Gasteiger partial charge in [0.25, 0.3) is 5.69 Å². The van der Waals surface area contributed by atoms with E-state index in [0.717, 1.165) is 25.3 Å². The first kappa shape index (κ1) is 26.2. The summed E-state index contributed by atoms with van der Waals surface area (Å²) in [5.74, 6) is -0.633. The minimum absolute atomic E-state index is 0.0874. The Kier molecular flexibility index (Phi) is 12.7.